The number of rotatable bonds is 5. The van der Waals surface area contributed by atoms with Gasteiger partial charge in [-0.1, -0.05) is 30.3 Å². The Kier molecular flexibility index (Phi) is 6.76. The molecule has 0 saturated carbocycles. The highest BCUT2D eigenvalue weighted by atomic mass is 16.3. The van der Waals surface area contributed by atoms with E-state index in [0.29, 0.717) is 24.4 Å². The van der Waals surface area contributed by atoms with Crippen LogP contribution in [0.5, 0.6) is 0 Å². The van der Waals surface area contributed by atoms with Gasteiger partial charge >= 0.3 is 0 Å². The highest BCUT2D eigenvalue weighted by Gasteiger charge is 2.31. The molecule has 6 nitrogen and oxygen atoms in total. The Labute approximate surface area is 184 Å². The zero-order valence-corrected chi connectivity index (χ0v) is 18.6. The number of hydrogen-bond donors (Lipinski definition) is 1. The molecule has 2 aliphatic rings. The van der Waals surface area contributed by atoms with Crippen molar-refractivity contribution in [3.8, 4) is 0 Å². The average molecular weight is 424 g/mol. The molecule has 2 amide bonds. The summed E-state index contributed by atoms with van der Waals surface area (Å²) in [5.74, 6) is 1.33. The van der Waals surface area contributed by atoms with Crippen LogP contribution in [0.1, 0.15) is 53.1 Å². The molecule has 2 aliphatic heterocycles. The molecule has 2 aromatic rings. The van der Waals surface area contributed by atoms with E-state index in [9.17, 15) is 9.59 Å². The third-order valence-electron chi connectivity index (χ3n) is 6.53. The number of benzene rings is 1. The first-order valence-electron chi connectivity index (χ1n) is 11.4. The molecule has 1 atom stereocenters. The van der Waals surface area contributed by atoms with Crippen molar-refractivity contribution < 1.29 is 14.0 Å². The number of aryl methyl sites for hydroxylation is 2. The van der Waals surface area contributed by atoms with Crippen molar-refractivity contribution >= 4 is 11.8 Å². The van der Waals surface area contributed by atoms with E-state index in [1.807, 2.05) is 24.8 Å². The number of furan rings is 1. The summed E-state index contributed by atoms with van der Waals surface area (Å²) in [6, 6.07) is 12.6. The molecule has 166 valence electrons. The first-order chi connectivity index (χ1) is 15.0. The predicted molar refractivity (Wildman–Crippen MR) is 120 cm³/mol. The number of carbonyl (C=O) groups is 2. The summed E-state index contributed by atoms with van der Waals surface area (Å²) < 4.78 is 5.52. The van der Waals surface area contributed by atoms with Crippen LogP contribution in [0.25, 0.3) is 0 Å². The Morgan fingerprint density at radius 3 is 2.48 bits per heavy atom. The minimum Gasteiger partial charge on any atom is -0.466 e. The van der Waals surface area contributed by atoms with Gasteiger partial charge < -0.3 is 14.6 Å². The fraction of sp³-hybridized carbons (Fsp3) is 0.520. The van der Waals surface area contributed by atoms with Crippen molar-refractivity contribution in [3.63, 3.8) is 0 Å². The molecule has 0 radical (unpaired) electrons. The van der Waals surface area contributed by atoms with Gasteiger partial charge in [0.1, 0.15) is 11.5 Å². The predicted octanol–water partition coefficient (Wildman–Crippen LogP) is 3.53. The standard InChI is InChI=1S/C25H33N3O3/c1-18-15-23(19(2)31-18)25(30)28-12-6-9-21(17-28)24(29)26-22-10-13-27(14-11-22)16-20-7-4-3-5-8-20/h3-5,7-8,15,21-22H,6,9-14,16-17H2,1-2H3,(H,26,29). The maximum Gasteiger partial charge on any atom is 0.257 e. The Bertz CT molecular complexity index is 900. The maximum absolute atomic E-state index is 12.9. The molecule has 6 heteroatoms. The van der Waals surface area contributed by atoms with E-state index in [-0.39, 0.29) is 23.8 Å². The van der Waals surface area contributed by atoms with Gasteiger partial charge in [-0.15, -0.1) is 0 Å². The van der Waals surface area contributed by atoms with Gasteiger partial charge in [0.15, 0.2) is 0 Å². The van der Waals surface area contributed by atoms with Crippen molar-refractivity contribution in [3.05, 3.63) is 59.0 Å². The molecule has 0 bridgehead atoms. The van der Waals surface area contributed by atoms with Crippen LogP contribution in [0.3, 0.4) is 0 Å². The Hall–Kier alpha value is -2.60. The van der Waals surface area contributed by atoms with Crippen LogP contribution >= 0.6 is 0 Å². The summed E-state index contributed by atoms with van der Waals surface area (Å²) in [5, 5.41) is 3.27. The number of piperidine rings is 2. The normalized spacial score (nSPS) is 20.6. The number of amides is 2. The van der Waals surface area contributed by atoms with Gasteiger partial charge in [-0.3, -0.25) is 14.5 Å². The summed E-state index contributed by atoms with van der Waals surface area (Å²) in [6.45, 7) is 7.81. The van der Waals surface area contributed by atoms with Gasteiger partial charge in [0.05, 0.1) is 11.5 Å². The molecule has 2 saturated heterocycles. The van der Waals surface area contributed by atoms with Crippen LogP contribution in [0.4, 0.5) is 0 Å². The molecule has 1 unspecified atom stereocenters. The summed E-state index contributed by atoms with van der Waals surface area (Å²) in [7, 11) is 0. The van der Waals surface area contributed by atoms with E-state index >= 15 is 0 Å². The highest BCUT2D eigenvalue weighted by Crippen LogP contribution is 2.23. The van der Waals surface area contributed by atoms with E-state index in [1.165, 1.54) is 5.56 Å². The first kappa shape index (κ1) is 21.6. The van der Waals surface area contributed by atoms with Gasteiger partial charge in [0.25, 0.3) is 5.91 Å². The minimum atomic E-state index is -0.131. The van der Waals surface area contributed by atoms with Crippen molar-refractivity contribution in [2.75, 3.05) is 26.2 Å². The van der Waals surface area contributed by atoms with Crippen molar-refractivity contribution in [1.82, 2.24) is 15.1 Å². The lowest BCUT2D eigenvalue weighted by molar-refractivity contribution is -0.127. The summed E-state index contributed by atoms with van der Waals surface area (Å²) in [6.07, 6.45) is 3.64. The smallest absolute Gasteiger partial charge is 0.257 e. The molecule has 0 aliphatic carbocycles. The minimum absolute atomic E-state index is 0.0268. The fourth-order valence-electron chi connectivity index (χ4n) is 4.79. The lowest BCUT2D eigenvalue weighted by atomic mass is 9.95. The number of hydrogen-bond acceptors (Lipinski definition) is 4. The Morgan fingerprint density at radius 2 is 1.81 bits per heavy atom. The second kappa shape index (κ2) is 9.69. The van der Waals surface area contributed by atoms with E-state index in [1.54, 1.807) is 6.07 Å². The van der Waals surface area contributed by atoms with Crippen LogP contribution in [-0.2, 0) is 11.3 Å². The van der Waals surface area contributed by atoms with E-state index in [2.05, 4.69) is 34.5 Å². The van der Waals surface area contributed by atoms with E-state index in [0.717, 1.165) is 51.1 Å². The Balaban J connectivity index is 1.26. The molecule has 31 heavy (non-hydrogen) atoms. The van der Waals surface area contributed by atoms with Gasteiger partial charge in [0.2, 0.25) is 5.91 Å². The van der Waals surface area contributed by atoms with Gasteiger partial charge in [0, 0.05) is 38.8 Å². The molecule has 4 rings (SSSR count). The number of carbonyl (C=O) groups excluding carboxylic acids is 2. The largest absolute Gasteiger partial charge is 0.466 e. The lowest BCUT2D eigenvalue weighted by Crippen LogP contribution is -2.50. The van der Waals surface area contributed by atoms with E-state index < -0.39 is 0 Å². The fourth-order valence-corrected chi connectivity index (χ4v) is 4.79. The molecule has 1 aromatic carbocycles. The zero-order valence-electron chi connectivity index (χ0n) is 18.6. The topological polar surface area (TPSA) is 65.8 Å². The van der Waals surface area contributed by atoms with Crippen LogP contribution in [0, 0.1) is 19.8 Å². The molecular formula is C25H33N3O3. The molecule has 1 N–H and O–H groups in total. The summed E-state index contributed by atoms with van der Waals surface area (Å²) >= 11 is 0. The highest BCUT2D eigenvalue weighted by molar-refractivity contribution is 5.95. The van der Waals surface area contributed by atoms with Crippen molar-refractivity contribution in [2.24, 2.45) is 5.92 Å². The number of likely N-dealkylation sites (tertiary alicyclic amines) is 2. The van der Waals surface area contributed by atoms with Crippen LogP contribution in [0.15, 0.2) is 40.8 Å². The molecular weight excluding hydrogens is 390 g/mol. The van der Waals surface area contributed by atoms with E-state index in [4.69, 9.17) is 4.42 Å². The maximum atomic E-state index is 12.9. The average Bonchev–Trinajstić information content (AvgIpc) is 3.13. The number of nitrogens with zero attached hydrogens (tertiary/aromatic N) is 2. The number of nitrogens with one attached hydrogen (secondary N) is 1. The van der Waals surface area contributed by atoms with Crippen LogP contribution in [0.2, 0.25) is 0 Å². The zero-order chi connectivity index (χ0) is 21.8. The van der Waals surface area contributed by atoms with Gasteiger partial charge in [-0.25, -0.2) is 0 Å². The SMILES string of the molecule is Cc1cc(C(=O)N2CCCC(C(=O)NC3CCN(Cc4ccccc4)CC3)C2)c(C)o1. The molecule has 2 fully saturated rings. The van der Waals surface area contributed by atoms with Crippen molar-refractivity contribution in [1.29, 1.82) is 0 Å². The van der Waals surface area contributed by atoms with Gasteiger partial charge in [-0.2, -0.15) is 0 Å². The summed E-state index contributed by atoms with van der Waals surface area (Å²) in [4.78, 5) is 30.1. The first-order valence-corrected chi connectivity index (χ1v) is 11.4. The van der Waals surface area contributed by atoms with Gasteiger partial charge in [-0.05, 0) is 51.2 Å². The second-order valence-electron chi connectivity index (χ2n) is 8.96. The third-order valence-corrected chi connectivity index (χ3v) is 6.53. The molecule has 1 aromatic heterocycles. The third kappa shape index (κ3) is 5.37. The van der Waals surface area contributed by atoms with Crippen molar-refractivity contribution in [2.45, 2.75) is 52.1 Å². The second-order valence-corrected chi connectivity index (χ2v) is 8.96. The quantitative estimate of drug-likeness (QED) is 0.799. The lowest BCUT2D eigenvalue weighted by Gasteiger charge is -2.35. The summed E-state index contributed by atoms with van der Waals surface area (Å²) in [5.41, 5.74) is 1.95. The monoisotopic (exact) mass is 423 g/mol. The molecule has 0 spiro atoms. The van der Waals surface area contributed by atoms with Crippen LogP contribution < -0.4 is 5.32 Å². The van der Waals surface area contributed by atoms with Crippen LogP contribution in [-0.4, -0.2) is 53.8 Å². The Morgan fingerprint density at radius 1 is 1.06 bits per heavy atom. The molecule has 3 heterocycles.